The average molecular weight is 224 g/mol. The Morgan fingerprint density at radius 1 is 1.44 bits per heavy atom. The van der Waals surface area contributed by atoms with Crippen LogP contribution in [0.15, 0.2) is 24.3 Å². The number of para-hydroxylation sites is 1. The van der Waals surface area contributed by atoms with Crippen molar-refractivity contribution in [2.45, 2.75) is 12.5 Å². The molecule has 3 nitrogen and oxygen atoms in total. The predicted octanol–water partition coefficient (Wildman–Crippen LogP) is 0.986. The molecule has 1 aliphatic heterocycles. The van der Waals surface area contributed by atoms with Gasteiger partial charge in [0, 0.05) is 26.2 Å². The summed E-state index contributed by atoms with van der Waals surface area (Å²) in [6.45, 7) is 4.21. The van der Waals surface area contributed by atoms with Crippen molar-refractivity contribution < 1.29 is 9.50 Å². The first-order chi connectivity index (χ1) is 7.58. The molecule has 88 valence electrons. The quantitative estimate of drug-likeness (QED) is 0.746. The Hall–Kier alpha value is -1.13. The molecule has 0 aromatic heterocycles. The highest BCUT2D eigenvalue weighted by molar-refractivity contribution is 5.48. The van der Waals surface area contributed by atoms with Crippen molar-refractivity contribution in [2.24, 2.45) is 0 Å². The number of nitrogens with one attached hydrogen (secondary N) is 1. The lowest BCUT2D eigenvalue weighted by atomic mass is 10.1. The summed E-state index contributed by atoms with van der Waals surface area (Å²) in [4.78, 5) is 1.88. The molecule has 0 saturated carbocycles. The van der Waals surface area contributed by atoms with Crippen LogP contribution < -0.4 is 10.2 Å². The van der Waals surface area contributed by atoms with E-state index in [1.165, 1.54) is 6.07 Å². The number of benzene rings is 1. The van der Waals surface area contributed by atoms with Crippen LogP contribution >= 0.6 is 0 Å². The molecule has 0 radical (unpaired) electrons. The SMILES string of the molecule is CC1(O)CNCCN(c2ccccc2F)C1. The zero-order chi connectivity index (χ0) is 11.6. The van der Waals surface area contributed by atoms with Gasteiger partial charge in [-0.15, -0.1) is 0 Å². The highest BCUT2D eigenvalue weighted by Gasteiger charge is 2.27. The van der Waals surface area contributed by atoms with Crippen molar-refractivity contribution in [1.82, 2.24) is 5.32 Å². The summed E-state index contributed by atoms with van der Waals surface area (Å²) in [5.41, 5.74) is -0.259. The standard InChI is InChI=1S/C12H17FN2O/c1-12(16)8-14-6-7-15(9-12)11-5-3-2-4-10(11)13/h2-5,14,16H,6-9H2,1H3. The molecule has 1 unspecified atom stereocenters. The molecule has 16 heavy (non-hydrogen) atoms. The predicted molar refractivity (Wildman–Crippen MR) is 62.1 cm³/mol. The number of anilines is 1. The molecule has 0 aliphatic carbocycles. The number of hydrogen-bond acceptors (Lipinski definition) is 3. The molecule has 0 bridgehead atoms. The van der Waals surface area contributed by atoms with Crippen LogP contribution in [0, 0.1) is 5.82 Å². The third-order valence-corrected chi connectivity index (χ3v) is 2.79. The van der Waals surface area contributed by atoms with Crippen molar-refractivity contribution in [2.75, 3.05) is 31.1 Å². The lowest BCUT2D eigenvalue weighted by Crippen LogP contribution is -2.43. The van der Waals surface area contributed by atoms with Crippen LogP contribution in [-0.2, 0) is 0 Å². The van der Waals surface area contributed by atoms with Gasteiger partial charge in [-0.05, 0) is 19.1 Å². The molecule has 1 heterocycles. The smallest absolute Gasteiger partial charge is 0.146 e. The normalized spacial score (nSPS) is 26.6. The van der Waals surface area contributed by atoms with Crippen LogP contribution in [0.25, 0.3) is 0 Å². The Kier molecular flexibility index (Phi) is 3.12. The summed E-state index contributed by atoms with van der Waals surface area (Å²) in [6.07, 6.45) is 0. The lowest BCUT2D eigenvalue weighted by Gasteiger charge is -2.29. The Balaban J connectivity index is 2.23. The zero-order valence-electron chi connectivity index (χ0n) is 9.41. The fourth-order valence-corrected chi connectivity index (χ4v) is 2.03. The lowest BCUT2D eigenvalue weighted by molar-refractivity contribution is 0.0728. The second-order valence-corrected chi connectivity index (χ2v) is 4.55. The van der Waals surface area contributed by atoms with Crippen LogP contribution in [0.2, 0.25) is 0 Å². The molecule has 2 rings (SSSR count). The van der Waals surface area contributed by atoms with E-state index in [9.17, 15) is 9.50 Å². The van der Waals surface area contributed by atoms with E-state index in [-0.39, 0.29) is 5.82 Å². The van der Waals surface area contributed by atoms with Gasteiger partial charge in [0.25, 0.3) is 0 Å². The van der Waals surface area contributed by atoms with Crippen LogP contribution in [-0.4, -0.2) is 36.9 Å². The second kappa shape index (κ2) is 4.39. The number of aliphatic hydroxyl groups is 1. The maximum Gasteiger partial charge on any atom is 0.146 e. The van der Waals surface area contributed by atoms with Crippen molar-refractivity contribution in [3.05, 3.63) is 30.1 Å². The number of hydrogen-bond donors (Lipinski definition) is 2. The van der Waals surface area contributed by atoms with Crippen molar-refractivity contribution >= 4 is 5.69 Å². The van der Waals surface area contributed by atoms with Gasteiger partial charge >= 0.3 is 0 Å². The van der Waals surface area contributed by atoms with Gasteiger partial charge in [0.1, 0.15) is 5.82 Å². The summed E-state index contributed by atoms with van der Waals surface area (Å²) in [5, 5.41) is 13.2. The largest absolute Gasteiger partial charge is 0.387 e. The third kappa shape index (κ3) is 2.51. The number of β-amino-alcohol motifs (C(OH)–C–C–N with tert-alkyl or cyclic N) is 1. The minimum absolute atomic E-state index is 0.236. The average Bonchev–Trinajstić information content (AvgIpc) is 2.40. The molecule has 1 aromatic rings. The molecule has 1 aromatic carbocycles. The first kappa shape index (κ1) is 11.4. The second-order valence-electron chi connectivity index (χ2n) is 4.55. The van der Waals surface area contributed by atoms with Crippen molar-refractivity contribution in [1.29, 1.82) is 0 Å². The fraction of sp³-hybridized carbons (Fsp3) is 0.500. The van der Waals surface area contributed by atoms with Crippen LogP contribution in [0.3, 0.4) is 0 Å². The van der Waals surface area contributed by atoms with Gasteiger partial charge < -0.3 is 15.3 Å². The molecular formula is C12H17FN2O. The van der Waals surface area contributed by atoms with Gasteiger partial charge in [0.15, 0.2) is 0 Å². The van der Waals surface area contributed by atoms with E-state index in [0.29, 0.717) is 25.3 Å². The number of rotatable bonds is 1. The highest BCUT2D eigenvalue weighted by Crippen LogP contribution is 2.21. The van der Waals surface area contributed by atoms with Crippen molar-refractivity contribution in [3.8, 4) is 0 Å². The minimum Gasteiger partial charge on any atom is -0.387 e. The molecule has 2 N–H and O–H groups in total. The third-order valence-electron chi connectivity index (χ3n) is 2.79. The maximum absolute atomic E-state index is 13.6. The first-order valence-electron chi connectivity index (χ1n) is 5.51. The first-order valence-corrected chi connectivity index (χ1v) is 5.51. The Morgan fingerprint density at radius 3 is 2.94 bits per heavy atom. The van der Waals surface area contributed by atoms with E-state index in [2.05, 4.69) is 5.32 Å². The van der Waals surface area contributed by atoms with Gasteiger partial charge in [-0.1, -0.05) is 12.1 Å². The van der Waals surface area contributed by atoms with E-state index in [1.807, 2.05) is 11.0 Å². The summed E-state index contributed by atoms with van der Waals surface area (Å²) >= 11 is 0. The van der Waals surface area contributed by atoms with E-state index in [1.54, 1.807) is 19.1 Å². The topological polar surface area (TPSA) is 35.5 Å². The van der Waals surface area contributed by atoms with E-state index in [4.69, 9.17) is 0 Å². The van der Waals surface area contributed by atoms with Crippen LogP contribution in [0.1, 0.15) is 6.92 Å². The maximum atomic E-state index is 13.6. The molecule has 1 aliphatic rings. The summed E-state index contributed by atoms with van der Waals surface area (Å²) in [6, 6.07) is 6.68. The van der Waals surface area contributed by atoms with Gasteiger partial charge in [-0.3, -0.25) is 0 Å². The molecule has 4 heteroatoms. The van der Waals surface area contributed by atoms with Crippen LogP contribution in [0.4, 0.5) is 10.1 Å². The zero-order valence-corrected chi connectivity index (χ0v) is 9.41. The minimum atomic E-state index is -0.821. The fourth-order valence-electron chi connectivity index (χ4n) is 2.03. The number of nitrogens with zero attached hydrogens (tertiary/aromatic N) is 1. The molecule has 0 spiro atoms. The van der Waals surface area contributed by atoms with E-state index < -0.39 is 5.60 Å². The van der Waals surface area contributed by atoms with Gasteiger partial charge in [-0.25, -0.2) is 4.39 Å². The number of halogens is 1. The highest BCUT2D eigenvalue weighted by atomic mass is 19.1. The van der Waals surface area contributed by atoms with E-state index >= 15 is 0 Å². The molecule has 1 fully saturated rings. The van der Waals surface area contributed by atoms with Gasteiger partial charge in [0.2, 0.25) is 0 Å². The summed E-state index contributed by atoms with van der Waals surface area (Å²) in [5.74, 6) is -0.236. The summed E-state index contributed by atoms with van der Waals surface area (Å²) < 4.78 is 13.6. The Bertz CT molecular complexity index is 368. The monoisotopic (exact) mass is 224 g/mol. The Morgan fingerprint density at radius 2 is 2.19 bits per heavy atom. The molecule has 0 amide bonds. The van der Waals surface area contributed by atoms with Crippen LogP contribution in [0.5, 0.6) is 0 Å². The van der Waals surface area contributed by atoms with Crippen molar-refractivity contribution in [3.63, 3.8) is 0 Å². The molecular weight excluding hydrogens is 207 g/mol. The van der Waals surface area contributed by atoms with Gasteiger partial charge in [-0.2, -0.15) is 0 Å². The van der Waals surface area contributed by atoms with Gasteiger partial charge in [0.05, 0.1) is 11.3 Å². The Labute approximate surface area is 94.9 Å². The molecule has 1 saturated heterocycles. The summed E-state index contributed by atoms with van der Waals surface area (Å²) in [7, 11) is 0. The van der Waals surface area contributed by atoms with E-state index in [0.717, 1.165) is 6.54 Å². The molecule has 1 atom stereocenters.